The predicted octanol–water partition coefficient (Wildman–Crippen LogP) is 6.46. The zero-order valence-corrected chi connectivity index (χ0v) is 13.5. The van der Waals surface area contributed by atoms with Gasteiger partial charge in [0.25, 0.3) is 0 Å². The van der Waals surface area contributed by atoms with Gasteiger partial charge in [0.1, 0.15) is 0 Å². The van der Waals surface area contributed by atoms with Gasteiger partial charge >= 0.3 is 0 Å². The molecule has 0 nitrogen and oxygen atoms in total. The van der Waals surface area contributed by atoms with E-state index in [9.17, 15) is 0 Å². The van der Waals surface area contributed by atoms with Crippen LogP contribution in [0.15, 0.2) is 36.4 Å². The van der Waals surface area contributed by atoms with Crippen LogP contribution in [0.25, 0.3) is 10.8 Å². The van der Waals surface area contributed by atoms with E-state index in [1.54, 1.807) is 5.56 Å². The smallest absolute Gasteiger partial charge is 0.0297 e. The van der Waals surface area contributed by atoms with Crippen LogP contribution in [0, 0.1) is 0 Å². The van der Waals surface area contributed by atoms with Crippen molar-refractivity contribution in [3.05, 3.63) is 47.5 Å². The van der Waals surface area contributed by atoms with Crippen LogP contribution in [0.5, 0.6) is 0 Å². The van der Waals surface area contributed by atoms with E-state index >= 15 is 0 Å². The van der Waals surface area contributed by atoms with E-state index < -0.39 is 0 Å². The third-order valence-corrected chi connectivity index (χ3v) is 6.70. The molecule has 0 aromatic heterocycles. The fourth-order valence-electron chi connectivity index (χ4n) is 4.01. The van der Waals surface area contributed by atoms with Crippen LogP contribution in [-0.4, -0.2) is 5.75 Å². The van der Waals surface area contributed by atoms with Gasteiger partial charge in [0, 0.05) is 5.25 Å². The van der Waals surface area contributed by atoms with Crippen molar-refractivity contribution < 1.29 is 0 Å². The Balaban J connectivity index is 1.64. The molecule has 110 valence electrons. The minimum absolute atomic E-state index is 0.743. The van der Waals surface area contributed by atoms with Gasteiger partial charge in [-0.3, -0.25) is 0 Å². The third-order valence-electron chi connectivity index (χ3n) is 5.27. The first kappa shape index (κ1) is 13.7. The standard InChI is InChI=1S/C20H24S/c1-2-5-15(6-3-1)16-8-9-18-14-19(11-10-17(18)13-16)20-7-4-12-21-20/h8-11,13-15,20H,1-7,12H2. The summed E-state index contributed by atoms with van der Waals surface area (Å²) in [6, 6.07) is 14.4. The summed E-state index contributed by atoms with van der Waals surface area (Å²) < 4.78 is 0. The molecule has 2 aromatic rings. The van der Waals surface area contributed by atoms with Gasteiger partial charge in [0.2, 0.25) is 0 Å². The maximum atomic E-state index is 2.46. The van der Waals surface area contributed by atoms with Gasteiger partial charge in [0.15, 0.2) is 0 Å². The predicted molar refractivity (Wildman–Crippen MR) is 94.2 cm³/mol. The van der Waals surface area contributed by atoms with E-state index in [1.165, 1.54) is 67.0 Å². The average molecular weight is 296 g/mol. The Kier molecular flexibility index (Phi) is 3.94. The number of benzene rings is 2. The molecule has 2 aliphatic rings. The second-order valence-corrected chi connectivity index (χ2v) is 8.01. The van der Waals surface area contributed by atoms with Gasteiger partial charge in [-0.25, -0.2) is 0 Å². The van der Waals surface area contributed by atoms with E-state index in [0.717, 1.165) is 11.2 Å². The lowest BCUT2D eigenvalue weighted by Crippen LogP contribution is -2.04. The molecule has 0 amide bonds. The molecule has 0 spiro atoms. The van der Waals surface area contributed by atoms with Crippen molar-refractivity contribution in [3.8, 4) is 0 Å². The Morgan fingerprint density at radius 1 is 0.714 bits per heavy atom. The molecular formula is C20H24S. The van der Waals surface area contributed by atoms with Gasteiger partial charge in [0.05, 0.1) is 0 Å². The van der Waals surface area contributed by atoms with E-state index in [-0.39, 0.29) is 0 Å². The van der Waals surface area contributed by atoms with Crippen LogP contribution in [0.1, 0.15) is 67.2 Å². The number of thioether (sulfide) groups is 1. The fourth-order valence-corrected chi connectivity index (χ4v) is 5.30. The highest BCUT2D eigenvalue weighted by Crippen LogP contribution is 2.41. The minimum atomic E-state index is 0.743. The van der Waals surface area contributed by atoms with Crippen molar-refractivity contribution in [2.75, 3.05) is 5.75 Å². The van der Waals surface area contributed by atoms with Gasteiger partial charge < -0.3 is 0 Å². The SMILES string of the molecule is c1cc2cc(C3CCCS3)ccc2cc1C1CCCCC1. The second-order valence-electron chi connectivity index (χ2n) is 6.70. The molecule has 1 heteroatoms. The summed E-state index contributed by atoms with van der Waals surface area (Å²) in [5.41, 5.74) is 3.11. The molecule has 1 aliphatic heterocycles. The lowest BCUT2D eigenvalue weighted by Gasteiger charge is -2.22. The van der Waals surface area contributed by atoms with Crippen molar-refractivity contribution in [1.82, 2.24) is 0 Å². The van der Waals surface area contributed by atoms with Gasteiger partial charge in [-0.15, -0.1) is 0 Å². The van der Waals surface area contributed by atoms with E-state index in [2.05, 4.69) is 48.2 Å². The first-order valence-electron chi connectivity index (χ1n) is 8.55. The third kappa shape index (κ3) is 2.85. The molecular weight excluding hydrogens is 272 g/mol. The molecule has 4 rings (SSSR count). The molecule has 0 bridgehead atoms. The first-order valence-corrected chi connectivity index (χ1v) is 9.60. The Bertz CT molecular complexity index is 619. The molecule has 2 aromatic carbocycles. The van der Waals surface area contributed by atoms with E-state index in [1.807, 2.05) is 0 Å². The Morgan fingerprint density at radius 3 is 2.14 bits per heavy atom. The summed E-state index contributed by atoms with van der Waals surface area (Å²) >= 11 is 2.13. The van der Waals surface area contributed by atoms with E-state index in [4.69, 9.17) is 0 Å². The Morgan fingerprint density at radius 2 is 1.43 bits per heavy atom. The quantitative estimate of drug-likeness (QED) is 0.613. The topological polar surface area (TPSA) is 0 Å². The molecule has 1 unspecified atom stereocenters. The first-order chi connectivity index (χ1) is 10.4. The van der Waals surface area contributed by atoms with Crippen LogP contribution in [0.3, 0.4) is 0 Å². The molecule has 0 radical (unpaired) electrons. The Labute approximate surface area is 132 Å². The molecule has 21 heavy (non-hydrogen) atoms. The van der Waals surface area contributed by atoms with Crippen LogP contribution in [0.2, 0.25) is 0 Å². The van der Waals surface area contributed by atoms with Gasteiger partial charge in [-0.2, -0.15) is 11.8 Å². The summed E-state index contributed by atoms with van der Waals surface area (Å²) in [7, 11) is 0. The number of rotatable bonds is 2. The lowest BCUT2D eigenvalue weighted by molar-refractivity contribution is 0.444. The van der Waals surface area contributed by atoms with Crippen molar-refractivity contribution in [1.29, 1.82) is 0 Å². The zero-order valence-electron chi connectivity index (χ0n) is 12.7. The van der Waals surface area contributed by atoms with Crippen LogP contribution < -0.4 is 0 Å². The molecule has 1 aliphatic carbocycles. The number of fused-ring (bicyclic) bond motifs is 1. The van der Waals surface area contributed by atoms with Gasteiger partial charge in [-0.1, -0.05) is 55.7 Å². The van der Waals surface area contributed by atoms with Crippen molar-refractivity contribution in [3.63, 3.8) is 0 Å². The van der Waals surface area contributed by atoms with Crippen molar-refractivity contribution >= 4 is 22.5 Å². The van der Waals surface area contributed by atoms with Crippen LogP contribution in [0.4, 0.5) is 0 Å². The van der Waals surface area contributed by atoms with Gasteiger partial charge in [-0.05, 0) is 59.3 Å². The lowest BCUT2D eigenvalue weighted by atomic mass is 9.83. The van der Waals surface area contributed by atoms with Crippen LogP contribution in [-0.2, 0) is 0 Å². The molecule has 2 fully saturated rings. The highest BCUT2D eigenvalue weighted by Gasteiger charge is 2.18. The molecule has 0 N–H and O–H groups in total. The summed E-state index contributed by atoms with van der Waals surface area (Å²) in [5.74, 6) is 2.15. The largest absolute Gasteiger partial charge is 0.154 e. The number of hydrogen-bond donors (Lipinski definition) is 0. The normalized spacial score (nSPS) is 23.7. The minimum Gasteiger partial charge on any atom is -0.154 e. The maximum absolute atomic E-state index is 2.46. The highest BCUT2D eigenvalue weighted by atomic mass is 32.2. The summed E-state index contributed by atoms with van der Waals surface area (Å²) in [6.07, 6.45) is 9.79. The van der Waals surface area contributed by atoms with Crippen molar-refractivity contribution in [2.45, 2.75) is 56.1 Å². The number of hydrogen-bond acceptors (Lipinski definition) is 1. The zero-order chi connectivity index (χ0) is 14.1. The molecule has 1 saturated carbocycles. The highest BCUT2D eigenvalue weighted by molar-refractivity contribution is 7.99. The second kappa shape index (κ2) is 6.04. The molecule has 1 saturated heterocycles. The van der Waals surface area contributed by atoms with E-state index in [0.29, 0.717) is 0 Å². The Hall–Kier alpha value is -0.950. The molecule has 1 heterocycles. The monoisotopic (exact) mass is 296 g/mol. The average Bonchev–Trinajstić information content (AvgIpc) is 3.09. The maximum Gasteiger partial charge on any atom is 0.0297 e. The molecule has 1 atom stereocenters. The summed E-state index contributed by atoms with van der Waals surface area (Å²) in [5, 5.41) is 3.61. The van der Waals surface area contributed by atoms with Crippen molar-refractivity contribution in [2.24, 2.45) is 0 Å². The summed E-state index contributed by atoms with van der Waals surface area (Å²) in [6.45, 7) is 0. The summed E-state index contributed by atoms with van der Waals surface area (Å²) in [4.78, 5) is 0. The fraction of sp³-hybridized carbons (Fsp3) is 0.500. The van der Waals surface area contributed by atoms with Crippen LogP contribution >= 0.6 is 11.8 Å².